The van der Waals surface area contributed by atoms with Gasteiger partial charge in [-0.15, -0.1) is 0 Å². The van der Waals surface area contributed by atoms with E-state index in [1.165, 1.54) is 0 Å². The zero-order valence-corrected chi connectivity index (χ0v) is 14.0. The fourth-order valence-electron chi connectivity index (χ4n) is 2.01. The summed E-state index contributed by atoms with van der Waals surface area (Å²) in [6.45, 7) is 5.10. The minimum atomic E-state index is -0.717. The van der Waals surface area contributed by atoms with Crippen LogP contribution in [0, 0.1) is 11.3 Å². The molecule has 0 aromatic heterocycles. The normalized spacial score (nSPS) is 11.6. The van der Waals surface area contributed by atoms with Gasteiger partial charge in [-0.2, -0.15) is 5.26 Å². The Balaban J connectivity index is 2.63. The Morgan fingerprint density at radius 1 is 1.26 bits per heavy atom. The highest BCUT2D eigenvalue weighted by Crippen LogP contribution is 2.20. The molecule has 0 heterocycles. The molecule has 0 aliphatic heterocycles. The molecule has 1 aromatic carbocycles. The van der Waals surface area contributed by atoms with Gasteiger partial charge in [-0.1, -0.05) is 32.8 Å². The second-order valence-corrected chi connectivity index (χ2v) is 5.48. The van der Waals surface area contributed by atoms with E-state index in [0.29, 0.717) is 30.9 Å². The highest BCUT2D eigenvalue weighted by atomic mass is 16.5. The number of hydrogen-bond donors (Lipinski definition) is 1. The van der Waals surface area contributed by atoms with Gasteiger partial charge in [0.2, 0.25) is 0 Å². The van der Waals surface area contributed by atoms with Crippen molar-refractivity contribution in [2.75, 3.05) is 13.2 Å². The molecular weight excluding hydrogens is 292 g/mol. The van der Waals surface area contributed by atoms with E-state index in [4.69, 9.17) is 15.2 Å². The largest absolute Gasteiger partial charge is 0.492 e. The fraction of sp³-hybridized carbons (Fsp3) is 0.556. The molecule has 23 heavy (non-hydrogen) atoms. The lowest BCUT2D eigenvalue weighted by atomic mass is 10.0. The highest BCUT2D eigenvalue weighted by Gasteiger charge is 2.16. The molecule has 0 fully saturated rings. The summed E-state index contributed by atoms with van der Waals surface area (Å²) >= 11 is 0. The molecule has 126 valence electrons. The number of benzene rings is 1. The van der Waals surface area contributed by atoms with Crippen LogP contribution in [0.4, 0.5) is 0 Å². The molecule has 0 bridgehead atoms. The van der Waals surface area contributed by atoms with Gasteiger partial charge in [-0.25, -0.2) is 0 Å². The van der Waals surface area contributed by atoms with Crippen LogP contribution < -0.4 is 10.5 Å². The standard InChI is InChI=1S/C18H26N2O3/c1-3-5-9-22-17-8-7-14(11-15(17)13-19)12-16(20)18(21)23-10-6-4-2/h7-8,11,16H,3-6,9-10,12,20H2,1-2H3/t16-/m0/s1. The summed E-state index contributed by atoms with van der Waals surface area (Å²) in [7, 11) is 0. The monoisotopic (exact) mass is 318 g/mol. The van der Waals surface area contributed by atoms with Crippen molar-refractivity contribution in [1.82, 2.24) is 0 Å². The zero-order valence-electron chi connectivity index (χ0n) is 14.0. The lowest BCUT2D eigenvalue weighted by molar-refractivity contribution is -0.145. The average Bonchev–Trinajstić information content (AvgIpc) is 2.56. The first-order chi connectivity index (χ1) is 11.1. The van der Waals surface area contributed by atoms with Crippen LogP contribution in [0.2, 0.25) is 0 Å². The minimum absolute atomic E-state index is 0.342. The number of nitriles is 1. The van der Waals surface area contributed by atoms with Crippen LogP contribution in [0.15, 0.2) is 18.2 Å². The summed E-state index contributed by atoms with van der Waals surface area (Å²) in [4.78, 5) is 11.8. The van der Waals surface area contributed by atoms with Crippen LogP contribution in [0.5, 0.6) is 5.75 Å². The van der Waals surface area contributed by atoms with Gasteiger partial charge in [0, 0.05) is 0 Å². The van der Waals surface area contributed by atoms with E-state index in [9.17, 15) is 10.1 Å². The fourth-order valence-corrected chi connectivity index (χ4v) is 2.01. The Morgan fingerprint density at radius 3 is 2.61 bits per heavy atom. The number of esters is 1. The van der Waals surface area contributed by atoms with Crippen LogP contribution in [0.1, 0.15) is 50.7 Å². The smallest absolute Gasteiger partial charge is 0.323 e. The van der Waals surface area contributed by atoms with E-state index < -0.39 is 12.0 Å². The average molecular weight is 318 g/mol. The van der Waals surface area contributed by atoms with Crippen LogP contribution in [-0.4, -0.2) is 25.2 Å². The first kappa shape index (κ1) is 19.0. The van der Waals surface area contributed by atoms with E-state index >= 15 is 0 Å². The second kappa shape index (κ2) is 10.6. The zero-order chi connectivity index (χ0) is 17.1. The van der Waals surface area contributed by atoms with Crippen molar-refractivity contribution in [3.63, 3.8) is 0 Å². The lowest BCUT2D eigenvalue weighted by Crippen LogP contribution is -2.34. The van der Waals surface area contributed by atoms with Crippen molar-refractivity contribution in [2.45, 2.75) is 52.0 Å². The van der Waals surface area contributed by atoms with Crippen molar-refractivity contribution in [2.24, 2.45) is 5.73 Å². The van der Waals surface area contributed by atoms with Crippen LogP contribution in [0.25, 0.3) is 0 Å². The molecule has 0 spiro atoms. The maximum atomic E-state index is 11.8. The summed E-state index contributed by atoms with van der Waals surface area (Å²) in [5.41, 5.74) is 7.16. The van der Waals surface area contributed by atoms with E-state index in [2.05, 4.69) is 13.0 Å². The quantitative estimate of drug-likeness (QED) is 0.529. The van der Waals surface area contributed by atoms with E-state index in [1.54, 1.807) is 12.1 Å². The predicted octanol–water partition coefficient (Wildman–Crippen LogP) is 2.95. The summed E-state index contributed by atoms with van der Waals surface area (Å²) in [6.07, 6.45) is 4.12. The lowest BCUT2D eigenvalue weighted by Gasteiger charge is -2.13. The number of rotatable bonds is 10. The van der Waals surface area contributed by atoms with Gasteiger partial charge in [0.15, 0.2) is 0 Å². The third-order valence-corrected chi connectivity index (χ3v) is 3.42. The first-order valence-electron chi connectivity index (χ1n) is 8.20. The topological polar surface area (TPSA) is 85.3 Å². The van der Waals surface area contributed by atoms with Gasteiger partial charge < -0.3 is 15.2 Å². The first-order valence-corrected chi connectivity index (χ1v) is 8.20. The molecule has 0 saturated carbocycles. The molecule has 0 aliphatic rings. The van der Waals surface area contributed by atoms with Crippen LogP contribution in [-0.2, 0) is 16.0 Å². The van der Waals surface area contributed by atoms with E-state index in [-0.39, 0.29) is 0 Å². The van der Waals surface area contributed by atoms with Crippen molar-refractivity contribution < 1.29 is 14.3 Å². The molecule has 0 saturated heterocycles. The molecule has 0 amide bonds. The van der Waals surface area contributed by atoms with E-state index in [1.807, 2.05) is 13.0 Å². The molecule has 2 N–H and O–H groups in total. The van der Waals surface area contributed by atoms with Gasteiger partial charge in [-0.05, 0) is 37.0 Å². The van der Waals surface area contributed by atoms with Gasteiger partial charge >= 0.3 is 5.97 Å². The SMILES string of the molecule is CCCCOC(=O)[C@@H](N)Cc1ccc(OCCCC)c(C#N)c1. The maximum absolute atomic E-state index is 11.8. The Kier molecular flexibility index (Phi) is 8.78. The summed E-state index contributed by atoms with van der Waals surface area (Å²) < 4.78 is 10.7. The van der Waals surface area contributed by atoms with Gasteiger partial charge in [0.25, 0.3) is 0 Å². The number of nitrogens with two attached hydrogens (primary N) is 1. The Hall–Kier alpha value is -2.06. The molecule has 1 rings (SSSR count). The summed E-state index contributed by atoms with van der Waals surface area (Å²) in [6, 6.07) is 6.73. The maximum Gasteiger partial charge on any atom is 0.323 e. The highest BCUT2D eigenvalue weighted by molar-refractivity contribution is 5.75. The minimum Gasteiger partial charge on any atom is -0.492 e. The molecular formula is C18H26N2O3. The van der Waals surface area contributed by atoms with Crippen molar-refractivity contribution in [1.29, 1.82) is 5.26 Å². The van der Waals surface area contributed by atoms with E-state index in [0.717, 1.165) is 31.2 Å². The number of hydrogen-bond acceptors (Lipinski definition) is 5. The molecule has 1 atom stereocenters. The molecule has 5 nitrogen and oxygen atoms in total. The van der Waals surface area contributed by atoms with Crippen molar-refractivity contribution in [3.8, 4) is 11.8 Å². The summed E-state index contributed by atoms with van der Waals surface area (Å²) in [5.74, 6) is 0.170. The van der Waals surface area contributed by atoms with Crippen LogP contribution >= 0.6 is 0 Å². The van der Waals surface area contributed by atoms with Gasteiger partial charge in [0.1, 0.15) is 17.9 Å². The van der Waals surface area contributed by atoms with Gasteiger partial charge in [-0.3, -0.25) is 4.79 Å². The van der Waals surface area contributed by atoms with Crippen molar-refractivity contribution in [3.05, 3.63) is 29.3 Å². The Bertz CT molecular complexity index is 538. The van der Waals surface area contributed by atoms with Crippen molar-refractivity contribution >= 4 is 5.97 Å². The second-order valence-electron chi connectivity index (χ2n) is 5.48. The third kappa shape index (κ3) is 6.70. The number of unbranched alkanes of at least 4 members (excludes halogenated alkanes) is 2. The molecule has 0 radical (unpaired) electrons. The molecule has 5 heteroatoms. The number of carbonyl (C=O) groups excluding carboxylic acids is 1. The summed E-state index contributed by atoms with van der Waals surface area (Å²) in [5, 5.41) is 9.23. The van der Waals surface area contributed by atoms with Crippen LogP contribution in [0.3, 0.4) is 0 Å². The third-order valence-electron chi connectivity index (χ3n) is 3.42. The Labute approximate surface area is 138 Å². The van der Waals surface area contributed by atoms with Gasteiger partial charge in [0.05, 0.1) is 18.8 Å². The molecule has 1 aromatic rings. The number of nitrogens with zero attached hydrogens (tertiary/aromatic N) is 1. The Morgan fingerprint density at radius 2 is 1.96 bits per heavy atom. The number of carbonyl (C=O) groups is 1. The number of ether oxygens (including phenoxy) is 2. The molecule has 0 unspecified atom stereocenters. The predicted molar refractivity (Wildman–Crippen MR) is 89.1 cm³/mol. The molecule has 0 aliphatic carbocycles.